The predicted molar refractivity (Wildman–Crippen MR) is 124 cm³/mol. The van der Waals surface area contributed by atoms with Crippen LogP contribution in [0.15, 0.2) is 54.6 Å². The molecule has 0 atom stereocenters. The second kappa shape index (κ2) is 11.9. The van der Waals surface area contributed by atoms with E-state index in [0.717, 1.165) is 21.9 Å². The Morgan fingerprint density at radius 1 is 1.03 bits per heavy atom. The number of nitrogens with zero attached hydrogens (tertiary/aromatic N) is 1. The summed E-state index contributed by atoms with van der Waals surface area (Å²) in [6.07, 6.45) is 0.968. The molecule has 7 nitrogen and oxygen atoms in total. The Bertz CT molecular complexity index is 1020. The Labute approximate surface area is 191 Å². The van der Waals surface area contributed by atoms with Crippen molar-refractivity contribution < 1.29 is 23.8 Å². The van der Waals surface area contributed by atoms with Crippen LogP contribution in [0.2, 0.25) is 0 Å². The van der Waals surface area contributed by atoms with Gasteiger partial charge < -0.3 is 19.5 Å². The molecule has 0 aliphatic carbocycles. The highest BCUT2D eigenvalue weighted by Gasteiger charge is 2.18. The maximum Gasteiger partial charge on any atom is 0.311 e. The van der Waals surface area contributed by atoms with E-state index in [-0.39, 0.29) is 18.3 Å². The number of nitrogens with one attached hydrogen (secondary N) is 1. The molecule has 0 saturated heterocycles. The summed E-state index contributed by atoms with van der Waals surface area (Å²) in [5.41, 5.74) is 1.57. The minimum Gasteiger partial charge on any atom is -0.497 e. The molecule has 0 radical (unpaired) electrons. The lowest BCUT2D eigenvalue weighted by Crippen LogP contribution is -2.12. The zero-order valence-electron chi connectivity index (χ0n) is 18.1. The summed E-state index contributed by atoms with van der Waals surface area (Å²) in [5.74, 6) is 1.01. The number of methoxy groups -OCH3 is 1. The van der Waals surface area contributed by atoms with Gasteiger partial charge in [0.1, 0.15) is 11.5 Å². The molecule has 8 heteroatoms. The summed E-state index contributed by atoms with van der Waals surface area (Å²) < 4.78 is 15.8. The second-order valence-electron chi connectivity index (χ2n) is 6.81. The highest BCUT2D eigenvalue weighted by atomic mass is 32.1. The van der Waals surface area contributed by atoms with E-state index in [2.05, 4.69) is 10.3 Å². The molecule has 168 valence electrons. The molecular formula is C24H26N2O5S. The third kappa shape index (κ3) is 6.81. The van der Waals surface area contributed by atoms with Gasteiger partial charge in [-0.05, 0) is 37.6 Å². The number of anilines is 1. The van der Waals surface area contributed by atoms with Crippen molar-refractivity contribution >= 4 is 28.3 Å². The van der Waals surface area contributed by atoms with E-state index in [9.17, 15) is 9.59 Å². The third-order valence-corrected chi connectivity index (χ3v) is 5.45. The lowest BCUT2D eigenvalue weighted by molar-refractivity contribution is -0.142. The van der Waals surface area contributed by atoms with Crippen molar-refractivity contribution in [1.82, 2.24) is 4.98 Å². The van der Waals surface area contributed by atoms with Crippen LogP contribution in [-0.4, -0.2) is 37.2 Å². The topological polar surface area (TPSA) is 86.8 Å². The quantitative estimate of drug-likeness (QED) is 0.333. The monoisotopic (exact) mass is 454 g/mol. The third-order valence-electron chi connectivity index (χ3n) is 4.48. The van der Waals surface area contributed by atoms with E-state index in [0.29, 0.717) is 36.9 Å². The molecule has 32 heavy (non-hydrogen) atoms. The van der Waals surface area contributed by atoms with E-state index in [1.807, 2.05) is 54.6 Å². The molecule has 1 aromatic heterocycles. The number of ether oxygens (including phenoxy) is 3. The summed E-state index contributed by atoms with van der Waals surface area (Å²) in [7, 11) is 1.61. The van der Waals surface area contributed by atoms with Gasteiger partial charge in [-0.25, -0.2) is 4.98 Å². The van der Waals surface area contributed by atoms with Crippen LogP contribution in [0.25, 0.3) is 11.3 Å². The van der Waals surface area contributed by atoms with Gasteiger partial charge in [-0.15, -0.1) is 11.3 Å². The van der Waals surface area contributed by atoms with E-state index in [1.165, 1.54) is 11.3 Å². The summed E-state index contributed by atoms with van der Waals surface area (Å²) in [4.78, 5) is 29.7. The van der Waals surface area contributed by atoms with Crippen LogP contribution < -0.4 is 14.8 Å². The van der Waals surface area contributed by atoms with Gasteiger partial charge in [0.05, 0.1) is 32.4 Å². The SMILES string of the molecule is CCOC(=O)Cc1sc(NC(=O)CCCOc2ccc(OC)cc2)nc1-c1ccccc1. The lowest BCUT2D eigenvalue weighted by Gasteiger charge is -2.07. The number of amides is 1. The molecule has 0 aliphatic heterocycles. The van der Waals surface area contributed by atoms with Crippen LogP contribution in [0.3, 0.4) is 0 Å². The second-order valence-corrected chi connectivity index (χ2v) is 7.90. The Morgan fingerprint density at radius 2 is 1.75 bits per heavy atom. The van der Waals surface area contributed by atoms with Crippen LogP contribution in [0.5, 0.6) is 11.5 Å². The van der Waals surface area contributed by atoms with Gasteiger partial charge in [-0.1, -0.05) is 30.3 Å². The standard InChI is InChI=1S/C24H26N2O5S/c1-3-30-22(28)16-20-23(17-8-5-4-6-9-17)26-24(32-20)25-21(27)10-7-15-31-19-13-11-18(29-2)12-14-19/h4-6,8-9,11-14H,3,7,10,15-16H2,1-2H3,(H,25,26,27). The van der Waals surface area contributed by atoms with Crippen molar-refractivity contribution in [1.29, 1.82) is 0 Å². The maximum atomic E-state index is 12.4. The van der Waals surface area contributed by atoms with Crippen molar-refractivity contribution in [3.05, 3.63) is 59.5 Å². The molecule has 0 spiro atoms. The Balaban J connectivity index is 1.56. The van der Waals surface area contributed by atoms with Gasteiger partial charge in [0.2, 0.25) is 5.91 Å². The first kappa shape index (κ1) is 23.3. The average molecular weight is 455 g/mol. The molecule has 1 heterocycles. The molecule has 0 fully saturated rings. The van der Waals surface area contributed by atoms with Crippen LogP contribution in [0.1, 0.15) is 24.6 Å². The normalized spacial score (nSPS) is 10.4. The van der Waals surface area contributed by atoms with Gasteiger partial charge in [0, 0.05) is 16.9 Å². The number of carbonyl (C=O) groups excluding carboxylic acids is 2. The van der Waals surface area contributed by atoms with Crippen LogP contribution >= 0.6 is 11.3 Å². The predicted octanol–water partition coefficient (Wildman–Crippen LogP) is 4.72. The first-order chi connectivity index (χ1) is 15.6. The maximum absolute atomic E-state index is 12.4. The van der Waals surface area contributed by atoms with Gasteiger partial charge in [0.25, 0.3) is 0 Å². The first-order valence-electron chi connectivity index (χ1n) is 10.4. The van der Waals surface area contributed by atoms with Crippen LogP contribution in [0.4, 0.5) is 5.13 Å². The van der Waals surface area contributed by atoms with Gasteiger partial charge >= 0.3 is 5.97 Å². The number of hydrogen-bond donors (Lipinski definition) is 1. The number of rotatable bonds is 11. The van der Waals surface area contributed by atoms with E-state index in [4.69, 9.17) is 14.2 Å². The van der Waals surface area contributed by atoms with Crippen molar-refractivity contribution in [2.24, 2.45) is 0 Å². The van der Waals surface area contributed by atoms with Crippen LogP contribution in [0, 0.1) is 0 Å². The Morgan fingerprint density at radius 3 is 2.44 bits per heavy atom. The number of esters is 1. The fourth-order valence-electron chi connectivity index (χ4n) is 2.97. The summed E-state index contributed by atoms with van der Waals surface area (Å²) >= 11 is 1.29. The largest absolute Gasteiger partial charge is 0.497 e. The molecule has 2 aromatic carbocycles. The van der Waals surface area contributed by atoms with E-state index >= 15 is 0 Å². The number of benzene rings is 2. The molecular weight excluding hydrogens is 428 g/mol. The van der Waals surface area contributed by atoms with Crippen molar-refractivity contribution in [2.75, 3.05) is 25.6 Å². The Kier molecular flexibility index (Phi) is 8.62. The molecule has 0 aliphatic rings. The Hall–Kier alpha value is -3.39. The molecule has 1 amide bonds. The fourth-order valence-corrected chi connectivity index (χ4v) is 3.95. The molecule has 0 saturated carbocycles. The van der Waals surface area contributed by atoms with Gasteiger partial charge in [-0.2, -0.15) is 0 Å². The molecule has 0 bridgehead atoms. The average Bonchev–Trinajstić information content (AvgIpc) is 3.19. The summed E-state index contributed by atoms with van der Waals surface area (Å²) in [6, 6.07) is 16.9. The van der Waals surface area contributed by atoms with E-state index < -0.39 is 0 Å². The molecule has 0 unspecified atom stereocenters. The first-order valence-corrected chi connectivity index (χ1v) is 11.2. The zero-order chi connectivity index (χ0) is 22.8. The number of hydrogen-bond acceptors (Lipinski definition) is 7. The number of carbonyl (C=O) groups is 2. The highest BCUT2D eigenvalue weighted by Crippen LogP contribution is 2.32. The molecule has 3 rings (SSSR count). The van der Waals surface area contributed by atoms with Gasteiger partial charge in [0.15, 0.2) is 5.13 Å². The number of thiazole rings is 1. The lowest BCUT2D eigenvalue weighted by atomic mass is 10.1. The minimum atomic E-state index is -0.318. The summed E-state index contributed by atoms with van der Waals surface area (Å²) in [6.45, 7) is 2.51. The molecule has 1 N–H and O–H groups in total. The van der Waals surface area contributed by atoms with Crippen molar-refractivity contribution in [3.63, 3.8) is 0 Å². The smallest absolute Gasteiger partial charge is 0.311 e. The summed E-state index contributed by atoms with van der Waals surface area (Å²) in [5, 5.41) is 3.30. The van der Waals surface area contributed by atoms with E-state index in [1.54, 1.807) is 14.0 Å². The van der Waals surface area contributed by atoms with Crippen LogP contribution in [-0.2, 0) is 20.7 Å². The molecule has 3 aromatic rings. The minimum absolute atomic E-state index is 0.112. The van der Waals surface area contributed by atoms with Crippen molar-refractivity contribution in [3.8, 4) is 22.8 Å². The fraction of sp³-hybridized carbons (Fsp3) is 0.292. The highest BCUT2D eigenvalue weighted by molar-refractivity contribution is 7.16. The zero-order valence-corrected chi connectivity index (χ0v) is 18.9. The van der Waals surface area contributed by atoms with Gasteiger partial charge in [-0.3, -0.25) is 9.59 Å². The van der Waals surface area contributed by atoms with Crippen molar-refractivity contribution in [2.45, 2.75) is 26.2 Å². The number of aromatic nitrogens is 1.